The topological polar surface area (TPSA) is 105 Å². The van der Waals surface area contributed by atoms with Crippen LogP contribution < -0.4 is 10.6 Å². The van der Waals surface area contributed by atoms with E-state index in [4.69, 9.17) is 9.84 Å². The molecule has 3 N–H and O–H groups in total. The molecule has 0 unspecified atom stereocenters. The number of phenols is 1. The van der Waals surface area contributed by atoms with Crippen molar-refractivity contribution in [2.45, 2.75) is 38.1 Å². The summed E-state index contributed by atoms with van der Waals surface area (Å²) in [4.78, 5) is 34.9. The third-order valence-corrected chi connectivity index (χ3v) is 3.63. The van der Waals surface area contributed by atoms with Gasteiger partial charge in [0.2, 0.25) is 0 Å². The summed E-state index contributed by atoms with van der Waals surface area (Å²) < 4.78 is 4.81. The minimum atomic E-state index is -0.701. The summed E-state index contributed by atoms with van der Waals surface area (Å²) in [5.41, 5.74) is 0.210. The molecule has 124 valence electrons. The number of benzene rings is 1. The van der Waals surface area contributed by atoms with Gasteiger partial charge in [-0.1, -0.05) is 19.3 Å². The molecule has 0 radical (unpaired) electrons. The Balaban J connectivity index is 1.70. The SMILES string of the molecule is O=C(COC(=O)c1ccc(O)cc1)NC(=O)NC1CCCCC1. The van der Waals surface area contributed by atoms with Crippen LogP contribution >= 0.6 is 0 Å². The first-order valence-electron chi connectivity index (χ1n) is 7.61. The highest BCUT2D eigenvalue weighted by atomic mass is 16.5. The molecule has 2 rings (SSSR count). The molecule has 1 aromatic carbocycles. The van der Waals surface area contributed by atoms with Gasteiger partial charge in [-0.3, -0.25) is 10.1 Å². The van der Waals surface area contributed by atoms with Crippen LogP contribution in [0.4, 0.5) is 4.79 Å². The van der Waals surface area contributed by atoms with Crippen molar-refractivity contribution in [3.8, 4) is 5.75 Å². The van der Waals surface area contributed by atoms with Crippen LogP contribution in [0.15, 0.2) is 24.3 Å². The Kier molecular flexibility index (Phi) is 5.96. The Morgan fingerprint density at radius 1 is 1.09 bits per heavy atom. The minimum Gasteiger partial charge on any atom is -0.508 e. The van der Waals surface area contributed by atoms with Crippen molar-refractivity contribution in [2.75, 3.05) is 6.61 Å². The first kappa shape index (κ1) is 16.8. The van der Waals surface area contributed by atoms with Gasteiger partial charge in [-0.2, -0.15) is 0 Å². The molecule has 0 bridgehead atoms. The molecule has 23 heavy (non-hydrogen) atoms. The molecule has 0 saturated heterocycles. The van der Waals surface area contributed by atoms with Crippen molar-refractivity contribution < 1.29 is 24.2 Å². The maximum atomic E-state index is 11.7. The number of carbonyl (C=O) groups is 3. The number of esters is 1. The van der Waals surface area contributed by atoms with E-state index in [-0.39, 0.29) is 17.4 Å². The summed E-state index contributed by atoms with van der Waals surface area (Å²) in [5, 5.41) is 14.0. The molecule has 0 aliphatic heterocycles. The lowest BCUT2D eigenvalue weighted by Crippen LogP contribution is -2.46. The zero-order valence-corrected chi connectivity index (χ0v) is 12.7. The van der Waals surface area contributed by atoms with Crippen molar-refractivity contribution in [3.05, 3.63) is 29.8 Å². The molecule has 3 amide bonds. The van der Waals surface area contributed by atoms with Crippen LogP contribution in [-0.2, 0) is 9.53 Å². The van der Waals surface area contributed by atoms with Gasteiger partial charge in [-0.05, 0) is 37.1 Å². The van der Waals surface area contributed by atoms with Gasteiger partial charge in [0.25, 0.3) is 5.91 Å². The molecule has 1 aliphatic rings. The van der Waals surface area contributed by atoms with Crippen LogP contribution in [0.2, 0.25) is 0 Å². The molecule has 0 atom stereocenters. The van der Waals surface area contributed by atoms with Gasteiger partial charge in [0.05, 0.1) is 5.56 Å². The van der Waals surface area contributed by atoms with Gasteiger partial charge < -0.3 is 15.2 Å². The second-order valence-corrected chi connectivity index (χ2v) is 5.48. The summed E-state index contributed by atoms with van der Waals surface area (Å²) in [6, 6.07) is 4.97. The lowest BCUT2D eigenvalue weighted by atomic mass is 9.96. The number of ether oxygens (including phenoxy) is 1. The lowest BCUT2D eigenvalue weighted by molar-refractivity contribution is -0.123. The van der Waals surface area contributed by atoms with Gasteiger partial charge >= 0.3 is 12.0 Å². The van der Waals surface area contributed by atoms with E-state index in [1.165, 1.54) is 30.7 Å². The molecule has 7 heteroatoms. The number of hydrogen-bond acceptors (Lipinski definition) is 5. The highest BCUT2D eigenvalue weighted by Crippen LogP contribution is 2.17. The summed E-state index contributed by atoms with van der Waals surface area (Å²) >= 11 is 0. The van der Waals surface area contributed by atoms with Crippen LogP contribution in [0.25, 0.3) is 0 Å². The Hall–Kier alpha value is -2.57. The van der Waals surface area contributed by atoms with E-state index < -0.39 is 24.5 Å². The number of urea groups is 1. The summed E-state index contributed by atoms with van der Waals surface area (Å²) in [7, 11) is 0. The van der Waals surface area contributed by atoms with Crippen molar-refractivity contribution >= 4 is 17.9 Å². The molecular formula is C16H20N2O5. The fourth-order valence-electron chi connectivity index (χ4n) is 2.44. The second-order valence-electron chi connectivity index (χ2n) is 5.48. The number of carbonyl (C=O) groups excluding carboxylic acids is 3. The van der Waals surface area contributed by atoms with Gasteiger partial charge in [0, 0.05) is 6.04 Å². The quantitative estimate of drug-likeness (QED) is 0.733. The number of amides is 3. The van der Waals surface area contributed by atoms with Crippen molar-refractivity contribution in [1.29, 1.82) is 0 Å². The summed E-state index contributed by atoms with van der Waals surface area (Å²) in [5.74, 6) is -1.36. The molecule has 0 spiro atoms. The zero-order valence-electron chi connectivity index (χ0n) is 12.7. The maximum absolute atomic E-state index is 11.7. The minimum absolute atomic E-state index is 0.0266. The van der Waals surface area contributed by atoms with Crippen LogP contribution in [-0.4, -0.2) is 35.7 Å². The van der Waals surface area contributed by atoms with E-state index >= 15 is 0 Å². The summed E-state index contributed by atoms with van der Waals surface area (Å²) in [6.07, 6.45) is 5.15. The first-order chi connectivity index (χ1) is 11.0. The molecule has 0 heterocycles. The number of rotatable bonds is 4. The third-order valence-electron chi connectivity index (χ3n) is 3.63. The smallest absolute Gasteiger partial charge is 0.338 e. The molecule has 7 nitrogen and oxygen atoms in total. The fraction of sp³-hybridized carbons (Fsp3) is 0.438. The Morgan fingerprint density at radius 3 is 2.39 bits per heavy atom. The van der Waals surface area contributed by atoms with E-state index in [1.807, 2.05) is 0 Å². The van der Waals surface area contributed by atoms with E-state index in [0.717, 1.165) is 25.7 Å². The van der Waals surface area contributed by atoms with Crippen LogP contribution in [0.1, 0.15) is 42.5 Å². The molecule has 0 aromatic heterocycles. The average Bonchev–Trinajstić information content (AvgIpc) is 2.54. The highest BCUT2D eigenvalue weighted by molar-refractivity contribution is 5.97. The largest absolute Gasteiger partial charge is 0.508 e. The molecule has 1 saturated carbocycles. The van der Waals surface area contributed by atoms with Crippen molar-refractivity contribution in [1.82, 2.24) is 10.6 Å². The van der Waals surface area contributed by atoms with Crippen molar-refractivity contribution in [3.63, 3.8) is 0 Å². The second kappa shape index (κ2) is 8.17. The Morgan fingerprint density at radius 2 is 1.74 bits per heavy atom. The number of imide groups is 1. The highest BCUT2D eigenvalue weighted by Gasteiger charge is 2.17. The first-order valence-corrected chi connectivity index (χ1v) is 7.61. The number of nitrogens with one attached hydrogen (secondary N) is 2. The number of aromatic hydroxyl groups is 1. The van der Waals surface area contributed by atoms with Gasteiger partial charge in [0.15, 0.2) is 6.61 Å². The van der Waals surface area contributed by atoms with E-state index in [1.54, 1.807) is 0 Å². The molecule has 1 aromatic rings. The maximum Gasteiger partial charge on any atom is 0.338 e. The molecule has 1 aliphatic carbocycles. The predicted molar refractivity (Wildman–Crippen MR) is 81.9 cm³/mol. The van der Waals surface area contributed by atoms with Gasteiger partial charge in [-0.15, -0.1) is 0 Å². The fourth-order valence-corrected chi connectivity index (χ4v) is 2.44. The summed E-state index contributed by atoms with van der Waals surface area (Å²) in [6.45, 7) is -0.544. The van der Waals surface area contributed by atoms with Crippen LogP contribution in [0, 0.1) is 0 Å². The predicted octanol–water partition coefficient (Wildman–Crippen LogP) is 1.71. The lowest BCUT2D eigenvalue weighted by Gasteiger charge is -2.22. The van der Waals surface area contributed by atoms with Crippen LogP contribution in [0.5, 0.6) is 5.75 Å². The standard InChI is InChI=1S/C16H20N2O5/c19-13-8-6-11(7-9-13)15(21)23-10-14(20)18-16(22)17-12-4-2-1-3-5-12/h6-9,12,19H,1-5,10H2,(H2,17,18,20,22). The zero-order chi connectivity index (χ0) is 16.7. The Bertz CT molecular complexity index is 564. The Labute approximate surface area is 134 Å². The number of phenolic OH excluding ortho intramolecular Hbond substituents is 1. The van der Waals surface area contributed by atoms with Gasteiger partial charge in [0.1, 0.15) is 5.75 Å². The average molecular weight is 320 g/mol. The van der Waals surface area contributed by atoms with E-state index in [2.05, 4.69) is 10.6 Å². The molecule has 1 fully saturated rings. The van der Waals surface area contributed by atoms with Crippen molar-refractivity contribution in [2.24, 2.45) is 0 Å². The van der Waals surface area contributed by atoms with Crippen LogP contribution in [0.3, 0.4) is 0 Å². The monoisotopic (exact) mass is 320 g/mol. The third kappa shape index (κ3) is 5.61. The van der Waals surface area contributed by atoms with E-state index in [9.17, 15) is 14.4 Å². The number of hydrogen-bond donors (Lipinski definition) is 3. The molecular weight excluding hydrogens is 300 g/mol. The van der Waals surface area contributed by atoms with E-state index in [0.29, 0.717) is 0 Å². The normalized spacial score (nSPS) is 14.8. The van der Waals surface area contributed by atoms with Gasteiger partial charge in [-0.25, -0.2) is 9.59 Å².